The van der Waals surface area contributed by atoms with E-state index in [1.54, 1.807) is 0 Å². The van der Waals surface area contributed by atoms with E-state index in [9.17, 15) is 13.2 Å². The Morgan fingerprint density at radius 1 is 1.20 bits per heavy atom. The van der Waals surface area contributed by atoms with Crippen molar-refractivity contribution in [3.63, 3.8) is 0 Å². The Morgan fingerprint density at radius 2 is 1.97 bits per heavy atom. The lowest BCUT2D eigenvalue weighted by molar-refractivity contribution is -0.143. The lowest BCUT2D eigenvalue weighted by Crippen LogP contribution is -2.45. The number of benzene rings is 1. The molecular formula is C21H34F3IN4O. The minimum atomic E-state index is -4.14. The summed E-state index contributed by atoms with van der Waals surface area (Å²) in [7, 11) is 0. The predicted molar refractivity (Wildman–Crippen MR) is 126 cm³/mol. The van der Waals surface area contributed by atoms with Gasteiger partial charge >= 0.3 is 6.18 Å². The van der Waals surface area contributed by atoms with Gasteiger partial charge in [-0.15, -0.1) is 24.0 Å². The molecular weight excluding hydrogens is 508 g/mol. The average molecular weight is 542 g/mol. The van der Waals surface area contributed by atoms with Gasteiger partial charge in [0.2, 0.25) is 0 Å². The number of halogens is 4. The van der Waals surface area contributed by atoms with Crippen molar-refractivity contribution in [3.8, 4) is 0 Å². The Bertz CT molecular complexity index is 602. The van der Waals surface area contributed by atoms with Crippen molar-refractivity contribution >= 4 is 29.9 Å². The minimum Gasteiger partial charge on any atom is -0.381 e. The van der Waals surface area contributed by atoms with Gasteiger partial charge in [-0.3, -0.25) is 9.89 Å². The average Bonchev–Trinajstić information content (AvgIpc) is 3.09. The highest BCUT2D eigenvalue weighted by Crippen LogP contribution is 2.19. The zero-order valence-corrected chi connectivity index (χ0v) is 19.9. The van der Waals surface area contributed by atoms with Gasteiger partial charge in [0.15, 0.2) is 5.96 Å². The van der Waals surface area contributed by atoms with Gasteiger partial charge in [-0.25, -0.2) is 0 Å². The van der Waals surface area contributed by atoms with Crippen LogP contribution in [0.4, 0.5) is 13.2 Å². The zero-order valence-electron chi connectivity index (χ0n) is 17.6. The molecule has 1 atom stereocenters. The fourth-order valence-electron chi connectivity index (χ4n) is 3.30. The first kappa shape index (κ1) is 27.0. The van der Waals surface area contributed by atoms with E-state index in [0.717, 1.165) is 19.3 Å². The van der Waals surface area contributed by atoms with Crippen molar-refractivity contribution in [2.75, 3.05) is 45.9 Å². The molecule has 172 valence electrons. The van der Waals surface area contributed by atoms with Gasteiger partial charge in [0.25, 0.3) is 0 Å². The van der Waals surface area contributed by atoms with Crippen LogP contribution in [-0.2, 0) is 11.2 Å². The second kappa shape index (κ2) is 14.9. The van der Waals surface area contributed by atoms with Crippen molar-refractivity contribution in [1.29, 1.82) is 0 Å². The molecule has 0 spiro atoms. The van der Waals surface area contributed by atoms with Crippen LogP contribution in [0.5, 0.6) is 0 Å². The highest BCUT2D eigenvalue weighted by atomic mass is 127. The second-order valence-electron chi connectivity index (χ2n) is 7.30. The van der Waals surface area contributed by atoms with Crippen LogP contribution < -0.4 is 10.6 Å². The van der Waals surface area contributed by atoms with E-state index in [1.807, 2.05) is 25.1 Å². The molecule has 2 N–H and O–H groups in total. The van der Waals surface area contributed by atoms with Gasteiger partial charge in [0.05, 0.1) is 13.2 Å². The van der Waals surface area contributed by atoms with Crippen LogP contribution in [0.15, 0.2) is 35.3 Å². The number of nitrogens with zero attached hydrogens (tertiary/aromatic N) is 2. The molecule has 1 heterocycles. The summed E-state index contributed by atoms with van der Waals surface area (Å²) >= 11 is 0. The molecule has 0 radical (unpaired) electrons. The summed E-state index contributed by atoms with van der Waals surface area (Å²) in [6, 6.07) is 10.3. The standard InChI is InChI=1S/C21H33F3N4O.HI/c1-2-25-20(27-19-10-13-28(16-19)17-21(22,23)24)26-12-6-7-14-29-15-11-18-8-4-3-5-9-18;/h3-5,8-9,19H,2,6-7,10-17H2,1H3,(H2,25,26,27);1H. The second-order valence-corrected chi connectivity index (χ2v) is 7.30. The van der Waals surface area contributed by atoms with Crippen LogP contribution in [-0.4, -0.2) is 69.0 Å². The van der Waals surface area contributed by atoms with Gasteiger partial charge in [0.1, 0.15) is 0 Å². The third-order valence-electron chi connectivity index (χ3n) is 4.70. The van der Waals surface area contributed by atoms with E-state index in [4.69, 9.17) is 4.74 Å². The molecule has 0 saturated carbocycles. The third kappa shape index (κ3) is 11.9. The summed E-state index contributed by atoms with van der Waals surface area (Å²) < 4.78 is 43.2. The number of aliphatic imine (C=N–C) groups is 1. The van der Waals surface area contributed by atoms with Gasteiger partial charge in [-0.2, -0.15) is 13.2 Å². The van der Waals surface area contributed by atoms with Crippen molar-refractivity contribution < 1.29 is 17.9 Å². The van der Waals surface area contributed by atoms with Crippen LogP contribution in [0.25, 0.3) is 0 Å². The maximum absolute atomic E-state index is 12.5. The van der Waals surface area contributed by atoms with Crippen LogP contribution in [0.3, 0.4) is 0 Å². The lowest BCUT2D eigenvalue weighted by atomic mass is 10.2. The van der Waals surface area contributed by atoms with Crippen molar-refractivity contribution in [1.82, 2.24) is 15.5 Å². The molecule has 1 aliphatic heterocycles. The molecule has 1 aromatic rings. The largest absolute Gasteiger partial charge is 0.401 e. The van der Waals surface area contributed by atoms with Crippen LogP contribution in [0, 0.1) is 0 Å². The van der Waals surface area contributed by atoms with E-state index in [1.165, 1.54) is 10.5 Å². The topological polar surface area (TPSA) is 48.9 Å². The molecule has 1 aromatic carbocycles. The summed E-state index contributed by atoms with van der Waals surface area (Å²) in [5.74, 6) is 0.677. The first-order chi connectivity index (χ1) is 14.0. The SMILES string of the molecule is CCNC(=NCCCCOCCc1ccccc1)NC1CCN(CC(F)(F)F)C1.I. The predicted octanol–water partition coefficient (Wildman–Crippen LogP) is 3.84. The maximum atomic E-state index is 12.5. The highest BCUT2D eigenvalue weighted by molar-refractivity contribution is 14.0. The molecule has 30 heavy (non-hydrogen) atoms. The van der Waals surface area contributed by atoms with Gasteiger partial charge in [-0.1, -0.05) is 30.3 Å². The summed E-state index contributed by atoms with van der Waals surface area (Å²) in [5.41, 5.74) is 1.28. The fourth-order valence-corrected chi connectivity index (χ4v) is 3.30. The monoisotopic (exact) mass is 542 g/mol. The molecule has 9 heteroatoms. The molecule has 5 nitrogen and oxygen atoms in total. The number of rotatable bonds is 11. The fraction of sp³-hybridized carbons (Fsp3) is 0.667. The van der Waals surface area contributed by atoms with Crippen molar-refractivity contribution in [2.24, 2.45) is 4.99 Å². The quantitative estimate of drug-likeness (QED) is 0.193. The van der Waals surface area contributed by atoms with Gasteiger partial charge in [0, 0.05) is 38.8 Å². The van der Waals surface area contributed by atoms with Gasteiger partial charge < -0.3 is 15.4 Å². The number of likely N-dealkylation sites (tertiary alicyclic amines) is 1. The molecule has 2 rings (SSSR count). The molecule has 1 unspecified atom stereocenters. The smallest absolute Gasteiger partial charge is 0.381 e. The van der Waals surface area contributed by atoms with E-state index < -0.39 is 12.7 Å². The Balaban J connectivity index is 0.00000450. The Kier molecular flexibility index (Phi) is 13.3. The van der Waals surface area contributed by atoms with E-state index in [2.05, 4.69) is 27.8 Å². The molecule has 0 amide bonds. The Labute approximate surface area is 194 Å². The highest BCUT2D eigenvalue weighted by Gasteiger charge is 2.34. The number of ether oxygens (including phenoxy) is 1. The first-order valence-corrected chi connectivity index (χ1v) is 10.4. The number of hydrogen-bond acceptors (Lipinski definition) is 3. The molecule has 0 bridgehead atoms. The normalized spacial score (nSPS) is 17.6. The summed E-state index contributed by atoms with van der Waals surface area (Å²) in [6.07, 6.45) is -0.695. The number of nitrogens with one attached hydrogen (secondary N) is 2. The number of unbranched alkanes of at least 4 members (excludes halogenated alkanes) is 1. The first-order valence-electron chi connectivity index (χ1n) is 10.4. The minimum absolute atomic E-state index is 0. The summed E-state index contributed by atoms with van der Waals surface area (Å²) in [5, 5.41) is 6.43. The molecule has 1 saturated heterocycles. The van der Waals surface area contributed by atoms with Crippen LogP contribution in [0.1, 0.15) is 31.7 Å². The molecule has 0 aromatic heterocycles. The Morgan fingerprint density at radius 3 is 2.67 bits per heavy atom. The zero-order chi connectivity index (χ0) is 21.0. The maximum Gasteiger partial charge on any atom is 0.401 e. The Hall–Kier alpha value is -1.07. The van der Waals surface area contributed by atoms with E-state index in [-0.39, 0.29) is 30.0 Å². The van der Waals surface area contributed by atoms with Crippen molar-refractivity contribution in [3.05, 3.63) is 35.9 Å². The van der Waals surface area contributed by atoms with E-state index >= 15 is 0 Å². The molecule has 0 aliphatic carbocycles. The number of guanidine groups is 1. The van der Waals surface area contributed by atoms with Crippen LogP contribution in [0.2, 0.25) is 0 Å². The lowest BCUT2D eigenvalue weighted by Gasteiger charge is -2.19. The third-order valence-corrected chi connectivity index (χ3v) is 4.70. The summed E-state index contributed by atoms with van der Waals surface area (Å²) in [6.45, 7) is 4.78. The number of alkyl halides is 3. The summed E-state index contributed by atoms with van der Waals surface area (Å²) in [4.78, 5) is 5.98. The molecule has 1 aliphatic rings. The van der Waals surface area contributed by atoms with E-state index in [0.29, 0.717) is 51.8 Å². The van der Waals surface area contributed by atoms with Crippen molar-refractivity contribution in [2.45, 2.75) is 44.8 Å². The molecule has 1 fully saturated rings. The van der Waals surface area contributed by atoms with Gasteiger partial charge in [-0.05, 0) is 38.2 Å². The number of hydrogen-bond donors (Lipinski definition) is 2. The van der Waals surface area contributed by atoms with Crippen LogP contribution >= 0.6 is 24.0 Å².